The average Bonchev–Trinajstić information content (AvgIpc) is 2.79. The third-order valence-electron chi connectivity index (χ3n) is 3.45. The van der Waals surface area contributed by atoms with Gasteiger partial charge in [-0.1, -0.05) is 0 Å². The van der Waals surface area contributed by atoms with Crippen LogP contribution in [-0.4, -0.2) is 40.9 Å². The topological polar surface area (TPSA) is 33.6 Å². The molecule has 0 aliphatic carbocycles. The highest BCUT2D eigenvalue weighted by Gasteiger charge is 2.61. The fourth-order valence-electron chi connectivity index (χ4n) is 2.57. The number of aryl methyl sites for hydroxylation is 1. The first kappa shape index (κ1) is 9.81. The van der Waals surface area contributed by atoms with Gasteiger partial charge in [-0.15, -0.1) is 0 Å². The molecule has 3 heterocycles. The lowest BCUT2D eigenvalue weighted by molar-refractivity contribution is 0.252. The molecule has 0 saturated carbocycles. The summed E-state index contributed by atoms with van der Waals surface area (Å²) in [5.74, 6) is 0. The Bertz CT molecular complexity index is 386. The van der Waals surface area contributed by atoms with Crippen LogP contribution in [-0.2, 0) is 17.4 Å². The molecule has 2 aliphatic heterocycles. The molecule has 0 radical (unpaired) electrons. The first-order valence-electron chi connectivity index (χ1n) is 5.18. The lowest BCUT2D eigenvalue weighted by atomic mass is 9.93. The zero-order chi connectivity index (χ0) is 10.6. The van der Waals surface area contributed by atoms with Crippen LogP contribution in [0.25, 0.3) is 0 Å². The van der Waals surface area contributed by atoms with Gasteiger partial charge < -0.3 is 9.64 Å². The van der Waals surface area contributed by atoms with Crippen molar-refractivity contribution in [3.05, 3.63) is 16.4 Å². The Labute approximate surface area is 97.3 Å². The second kappa shape index (κ2) is 3.06. The first-order valence-corrected chi connectivity index (χ1v) is 5.97. The van der Waals surface area contributed by atoms with Crippen molar-refractivity contribution in [3.8, 4) is 0 Å². The summed E-state index contributed by atoms with van der Waals surface area (Å²) in [7, 11) is 4.12. The highest BCUT2D eigenvalue weighted by Crippen LogP contribution is 2.53. The Morgan fingerprint density at radius 2 is 2.40 bits per heavy atom. The van der Waals surface area contributed by atoms with Crippen LogP contribution in [0.5, 0.6) is 0 Å². The smallest absolute Gasteiger partial charge is 0.140 e. The predicted octanol–water partition coefficient (Wildman–Crippen LogP) is 1.11. The molecule has 2 atom stereocenters. The maximum absolute atomic E-state index is 5.91. The first-order chi connectivity index (χ1) is 7.13. The number of fused-ring (bicyclic) bond motifs is 1. The minimum atomic E-state index is -0.0589. The summed E-state index contributed by atoms with van der Waals surface area (Å²) in [5.41, 5.74) is 1.14. The summed E-state index contributed by atoms with van der Waals surface area (Å²) in [6, 6.07) is 0. The number of nitrogens with zero attached hydrogens (tertiary/aromatic N) is 3. The van der Waals surface area contributed by atoms with Gasteiger partial charge in [-0.25, -0.2) is 0 Å². The van der Waals surface area contributed by atoms with E-state index >= 15 is 0 Å². The number of aromatic nitrogens is 2. The molecule has 2 saturated heterocycles. The van der Waals surface area contributed by atoms with Gasteiger partial charge in [-0.2, -0.15) is 5.10 Å². The molecule has 4 nitrogen and oxygen atoms in total. The highest BCUT2D eigenvalue weighted by atomic mass is 79.9. The van der Waals surface area contributed by atoms with Crippen LogP contribution in [0.15, 0.2) is 10.7 Å². The van der Waals surface area contributed by atoms with Gasteiger partial charge in [0.05, 0.1) is 16.4 Å². The number of ether oxygens (including phenoxy) is 1. The normalized spacial score (nSPS) is 35.3. The molecule has 2 unspecified atom stereocenters. The molecular formula is C10H14BrN3O. The Balaban J connectivity index is 1.96. The van der Waals surface area contributed by atoms with E-state index in [1.54, 1.807) is 0 Å². The number of rotatable bonds is 1. The van der Waals surface area contributed by atoms with Crippen molar-refractivity contribution in [1.29, 1.82) is 0 Å². The van der Waals surface area contributed by atoms with Gasteiger partial charge >= 0.3 is 0 Å². The third kappa shape index (κ3) is 1.30. The average molecular weight is 272 g/mol. The van der Waals surface area contributed by atoms with Crippen LogP contribution in [0.3, 0.4) is 0 Å². The number of likely N-dealkylation sites (N-methyl/N-ethyl adjacent to an activating group) is 1. The van der Waals surface area contributed by atoms with Crippen LogP contribution in [0.4, 0.5) is 0 Å². The van der Waals surface area contributed by atoms with Crippen molar-refractivity contribution in [2.24, 2.45) is 7.05 Å². The molecular weight excluding hydrogens is 258 g/mol. The zero-order valence-corrected chi connectivity index (χ0v) is 10.5. The minimum absolute atomic E-state index is 0.0589. The number of hydrogen-bond donors (Lipinski definition) is 0. The maximum atomic E-state index is 5.91. The quantitative estimate of drug-likeness (QED) is 0.718. The molecule has 3 rings (SSSR count). The van der Waals surface area contributed by atoms with Crippen LogP contribution >= 0.6 is 15.9 Å². The number of piperidine rings is 1. The molecule has 0 amide bonds. The van der Waals surface area contributed by atoms with E-state index < -0.39 is 0 Å². The van der Waals surface area contributed by atoms with Crippen molar-refractivity contribution in [2.45, 2.75) is 18.1 Å². The second-order valence-electron chi connectivity index (χ2n) is 4.47. The fourth-order valence-corrected chi connectivity index (χ4v) is 3.25. The zero-order valence-electron chi connectivity index (χ0n) is 8.90. The summed E-state index contributed by atoms with van der Waals surface area (Å²) in [5, 5.41) is 4.26. The van der Waals surface area contributed by atoms with Crippen molar-refractivity contribution in [3.63, 3.8) is 0 Å². The molecule has 0 bridgehead atoms. The van der Waals surface area contributed by atoms with E-state index in [4.69, 9.17) is 4.74 Å². The Morgan fingerprint density at radius 3 is 3.00 bits per heavy atom. The van der Waals surface area contributed by atoms with E-state index in [0.29, 0.717) is 6.10 Å². The predicted molar refractivity (Wildman–Crippen MR) is 59.6 cm³/mol. The van der Waals surface area contributed by atoms with Crippen molar-refractivity contribution >= 4 is 15.9 Å². The van der Waals surface area contributed by atoms with Crippen LogP contribution < -0.4 is 0 Å². The lowest BCUT2D eigenvalue weighted by Gasteiger charge is -2.25. The highest BCUT2D eigenvalue weighted by molar-refractivity contribution is 9.10. The second-order valence-corrected chi connectivity index (χ2v) is 5.33. The van der Waals surface area contributed by atoms with E-state index in [-0.39, 0.29) is 5.60 Å². The summed E-state index contributed by atoms with van der Waals surface area (Å²) in [6.07, 6.45) is 3.26. The summed E-state index contributed by atoms with van der Waals surface area (Å²) in [4.78, 5) is 2.32. The molecule has 1 aromatic rings. The standard InChI is InChI=1S/C10H14BrN3O/c1-13-4-3-10(8(6-13)15-10)9-7(11)5-12-14(9)2/h5,8H,3-4,6H2,1-2H3. The Kier molecular flexibility index (Phi) is 2.00. The fraction of sp³-hybridized carbons (Fsp3) is 0.700. The molecule has 2 fully saturated rings. The van der Waals surface area contributed by atoms with Gasteiger partial charge in [0.25, 0.3) is 0 Å². The van der Waals surface area contributed by atoms with E-state index in [1.165, 1.54) is 5.69 Å². The molecule has 15 heavy (non-hydrogen) atoms. The third-order valence-corrected chi connectivity index (χ3v) is 4.03. The molecule has 82 valence electrons. The van der Waals surface area contributed by atoms with Gasteiger partial charge in [0.1, 0.15) is 11.7 Å². The number of hydrogen-bond acceptors (Lipinski definition) is 3. The Morgan fingerprint density at radius 1 is 1.60 bits per heavy atom. The maximum Gasteiger partial charge on any atom is 0.140 e. The largest absolute Gasteiger partial charge is 0.358 e. The van der Waals surface area contributed by atoms with Crippen LogP contribution in [0, 0.1) is 0 Å². The monoisotopic (exact) mass is 271 g/mol. The SMILES string of the molecule is CN1CCC2(c3c(Br)cnn3C)OC2C1. The molecule has 0 N–H and O–H groups in total. The van der Waals surface area contributed by atoms with Crippen molar-refractivity contribution < 1.29 is 4.74 Å². The van der Waals surface area contributed by atoms with Gasteiger partial charge in [-0.3, -0.25) is 4.68 Å². The summed E-state index contributed by atoms with van der Waals surface area (Å²) in [6.45, 7) is 2.12. The lowest BCUT2D eigenvalue weighted by Crippen LogP contribution is -2.36. The number of halogens is 1. The summed E-state index contributed by atoms with van der Waals surface area (Å²) < 4.78 is 8.90. The summed E-state index contributed by atoms with van der Waals surface area (Å²) >= 11 is 3.55. The molecule has 0 spiro atoms. The number of epoxide rings is 1. The van der Waals surface area contributed by atoms with Crippen molar-refractivity contribution in [2.75, 3.05) is 20.1 Å². The molecule has 1 aromatic heterocycles. The minimum Gasteiger partial charge on any atom is -0.358 e. The molecule has 0 aromatic carbocycles. The van der Waals surface area contributed by atoms with E-state index in [0.717, 1.165) is 24.0 Å². The van der Waals surface area contributed by atoms with Gasteiger partial charge in [0.2, 0.25) is 0 Å². The van der Waals surface area contributed by atoms with E-state index in [9.17, 15) is 0 Å². The molecule has 2 aliphatic rings. The number of likely N-dealkylation sites (tertiary alicyclic amines) is 1. The van der Waals surface area contributed by atoms with Gasteiger partial charge in [0, 0.05) is 20.1 Å². The van der Waals surface area contributed by atoms with Gasteiger partial charge in [-0.05, 0) is 29.4 Å². The molecule has 5 heteroatoms. The van der Waals surface area contributed by atoms with Crippen LogP contribution in [0.2, 0.25) is 0 Å². The van der Waals surface area contributed by atoms with Crippen LogP contribution in [0.1, 0.15) is 12.1 Å². The van der Waals surface area contributed by atoms with E-state index in [1.807, 2.05) is 17.9 Å². The van der Waals surface area contributed by atoms with E-state index in [2.05, 4.69) is 33.0 Å². The van der Waals surface area contributed by atoms with Gasteiger partial charge in [0.15, 0.2) is 0 Å². The Hall–Kier alpha value is -0.390. The van der Waals surface area contributed by atoms with Crippen molar-refractivity contribution in [1.82, 2.24) is 14.7 Å².